The lowest BCUT2D eigenvalue weighted by Gasteiger charge is -2.06. The summed E-state index contributed by atoms with van der Waals surface area (Å²) >= 11 is 0. The van der Waals surface area contributed by atoms with Gasteiger partial charge in [0.1, 0.15) is 0 Å². The molecule has 0 saturated carbocycles. The summed E-state index contributed by atoms with van der Waals surface area (Å²) in [4.78, 5) is 10.7. The van der Waals surface area contributed by atoms with Crippen molar-refractivity contribution in [1.82, 2.24) is 5.32 Å². The molecule has 0 unspecified atom stereocenters. The highest BCUT2D eigenvalue weighted by Gasteiger charge is 1.97. The molecule has 0 aliphatic heterocycles. The molecular formula is C9H18NO4. The first-order valence-electron chi connectivity index (χ1n) is 4.66. The molecule has 1 amide bonds. The number of amides is 1. The summed E-state index contributed by atoms with van der Waals surface area (Å²) in [5, 5.41) is 2.51. The first kappa shape index (κ1) is 13.2. The fourth-order valence-corrected chi connectivity index (χ4v) is 0.733. The molecule has 0 atom stereocenters. The largest absolute Gasteiger partial charge is 0.450 e. The first-order chi connectivity index (χ1) is 6.81. The zero-order valence-corrected chi connectivity index (χ0v) is 8.58. The van der Waals surface area contributed by atoms with E-state index in [0.29, 0.717) is 33.0 Å². The quantitative estimate of drug-likeness (QED) is 0.588. The molecule has 0 aliphatic carbocycles. The van der Waals surface area contributed by atoms with Crippen molar-refractivity contribution in [2.45, 2.75) is 6.92 Å². The second-order valence-corrected chi connectivity index (χ2v) is 2.37. The van der Waals surface area contributed by atoms with E-state index in [1.807, 2.05) is 6.92 Å². The van der Waals surface area contributed by atoms with Gasteiger partial charge in [-0.25, -0.2) is 4.79 Å². The number of hydrogen-bond donors (Lipinski definition) is 1. The van der Waals surface area contributed by atoms with E-state index in [-0.39, 0.29) is 6.61 Å². The van der Waals surface area contributed by atoms with Crippen LogP contribution in [0.2, 0.25) is 0 Å². The molecule has 0 fully saturated rings. The summed E-state index contributed by atoms with van der Waals surface area (Å²) in [6.45, 7) is 8.15. The number of hydrogen-bond acceptors (Lipinski definition) is 4. The van der Waals surface area contributed by atoms with Crippen LogP contribution in [0.25, 0.3) is 0 Å². The van der Waals surface area contributed by atoms with Crippen LogP contribution in [0.1, 0.15) is 6.92 Å². The topological polar surface area (TPSA) is 56.8 Å². The molecule has 0 spiro atoms. The molecule has 83 valence electrons. The van der Waals surface area contributed by atoms with Gasteiger partial charge >= 0.3 is 6.09 Å². The predicted octanol–water partition coefficient (Wildman–Crippen LogP) is 0.600. The third kappa shape index (κ3) is 9.28. The Balaban J connectivity index is 3.01. The van der Waals surface area contributed by atoms with E-state index < -0.39 is 6.09 Å². The Bertz CT molecular complexity index is 141. The minimum absolute atomic E-state index is 0.136. The molecule has 0 rings (SSSR count). The molecule has 1 N–H and O–H groups in total. The van der Waals surface area contributed by atoms with E-state index in [1.54, 1.807) is 0 Å². The van der Waals surface area contributed by atoms with Crippen LogP contribution in [0.4, 0.5) is 4.79 Å². The minimum atomic E-state index is -0.464. The van der Waals surface area contributed by atoms with E-state index in [0.717, 1.165) is 0 Å². The predicted molar refractivity (Wildman–Crippen MR) is 52.0 cm³/mol. The number of rotatable bonds is 8. The normalized spacial score (nSPS) is 9.86. The van der Waals surface area contributed by atoms with Crippen LogP contribution < -0.4 is 5.32 Å². The van der Waals surface area contributed by atoms with Crippen LogP contribution >= 0.6 is 0 Å². The number of ether oxygens (including phenoxy) is 3. The third-order valence-electron chi connectivity index (χ3n) is 1.33. The van der Waals surface area contributed by atoms with Gasteiger partial charge in [0, 0.05) is 13.2 Å². The lowest BCUT2D eigenvalue weighted by Crippen LogP contribution is -2.28. The second kappa shape index (κ2) is 10.3. The van der Waals surface area contributed by atoms with Gasteiger partial charge in [0.05, 0.1) is 26.4 Å². The van der Waals surface area contributed by atoms with Crippen molar-refractivity contribution in [1.29, 1.82) is 0 Å². The van der Waals surface area contributed by atoms with Crippen LogP contribution in [0.5, 0.6) is 0 Å². The lowest BCUT2D eigenvalue weighted by molar-refractivity contribution is 0.0535. The first-order valence-corrected chi connectivity index (χ1v) is 4.66. The highest BCUT2D eigenvalue weighted by Crippen LogP contribution is 1.79. The Morgan fingerprint density at radius 1 is 1.29 bits per heavy atom. The zero-order chi connectivity index (χ0) is 10.6. The van der Waals surface area contributed by atoms with E-state index in [1.165, 1.54) is 0 Å². The van der Waals surface area contributed by atoms with Gasteiger partial charge in [-0.05, 0) is 13.8 Å². The Kier molecular flexibility index (Phi) is 9.68. The monoisotopic (exact) mass is 204 g/mol. The Morgan fingerprint density at radius 3 is 2.64 bits per heavy atom. The smallest absolute Gasteiger partial charge is 0.407 e. The summed E-state index contributed by atoms with van der Waals surface area (Å²) in [5.41, 5.74) is 0. The third-order valence-corrected chi connectivity index (χ3v) is 1.33. The minimum Gasteiger partial charge on any atom is -0.450 e. The van der Waals surface area contributed by atoms with E-state index in [9.17, 15) is 4.79 Å². The van der Waals surface area contributed by atoms with Gasteiger partial charge in [0.15, 0.2) is 0 Å². The van der Waals surface area contributed by atoms with Crippen LogP contribution in [0.3, 0.4) is 0 Å². The van der Waals surface area contributed by atoms with Crippen molar-refractivity contribution in [3.63, 3.8) is 0 Å². The molecule has 0 aromatic heterocycles. The number of carbonyl (C=O) groups excluding carboxylic acids is 1. The highest BCUT2D eigenvalue weighted by molar-refractivity contribution is 5.67. The van der Waals surface area contributed by atoms with E-state index in [2.05, 4.69) is 17.0 Å². The SMILES string of the molecule is [CH2]COC(=O)NCCOCCOCC. The van der Waals surface area contributed by atoms with E-state index >= 15 is 0 Å². The van der Waals surface area contributed by atoms with Gasteiger partial charge in [-0.3, -0.25) is 0 Å². The number of carbonyl (C=O) groups is 1. The van der Waals surface area contributed by atoms with Crippen molar-refractivity contribution in [3.05, 3.63) is 6.92 Å². The average molecular weight is 204 g/mol. The molecule has 1 radical (unpaired) electrons. The lowest BCUT2D eigenvalue weighted by atomic mass is 10.6. The zero-order valence-electron chi connectivity index (χ0n) is 8.58. The van der Waals surface area contributed by atoms with E-state index in [4.69, 9.17) is 9.47 Å². The van der Waals surface area contributed by atoms with Crippen LogP contribution in [-0.2, 0) is 14.2 Å². The summed E-state index contributed by atoms with van der Waals surface area (Å²) < 4.78 is 14.8. The Morgan fingerprint density at radius 2 is 2.00 bits per heavy atom. The van der Waals surface area contributed by atoms with Crippen LogP contribution in [-0.4, -0.2) is 45.7 Å². The van der Waals surface area contributed by atoms with Crippen LogP contribution in [0.15, 0.2) is 0 Å². The van der Waals surface area contributed by atoms with Gasteiger partial charge in [-0.2, -0.15) is 0 Å². The van der Waals surface area contributed by atoms with Crippen molar-refractivity contribution in [2.75, 3.05) is 39.6 Å². The fraction of sp³-hybridized carbons (Fsp3) is 0.778. The van der Waals surface area contributed by atoms with Gasteiger partial charge in [-0.1, -0.05) is 0 Å². The molecule has 5 nitrogen and oxygen atoms in total. The standard InChI is InChI=1S/C9H18NO4/c1-3-12-7-8-13-6-5-10-9(11)14-4-2/h2-8H2,1H3,(H,10,11). The highest BCUT2D eigenvalue weighted by atomic mass is 16.5. The van der Waals surface area contributed by atoms with Gasteiger partial charge < -0.3 is 19.5 Å². The molecule has 0 aliphatic rings. The maximum Gasteiger partial charge on any atom is 0.407 e. The Hall–Kier alpha value is -0.810. The Labute approximate surface area is 84.7 Å². The molecular weight excluding hydrogens is 186 g/mol. The van der Waals surface area contributed by atoms with Gasteiger partial charge in [0.25, 0.3) is 0 Å². The fourth-order valence-electron chi connectivity index (χ4n) is 0.733. The van der Waals surface area contributed by atoms with Crippen molar-refractivity contribution < 1.29 is 19.0 Å². The summed E-state index contributed by atoms with van der Waals surface area (Å²) in [7, 11) is 0. The average Bonchev–Trinajstić information content (AvgIpc) is 2.17. The van der Waals surface area contributed by atoms with Crippen molar-refractivity contribution in [2.24, 2.45) is 0 Å². The van der Waals surface area contributed by atoms with Gasteiger partial charge in [-0.15, -0.1) is 0 Å². The maximum atomic E-state index is 10.7. The molecule has 0 bridgehead atoms. The number of alkyl carbamates (subject to hydrolysis) is 1. The summed E-state index contributed by atoms with van der Waals surface area (Å²) in [6.07, 6.45) is -0.464. The molecule has 0 heterocycles. The summed E-state index contributed by atoms with van der Waals surface area (Å²) in [6, 6.07) is 0. The summed E-state index contributed by atoms with van der Waals surface area (Å²) in [5.74, 6) is 0. The van der Waals surface area contributed by atoms with Gasteiger partial charge in [0.2, 0.25) is 0 Å². The molecule has 0 aromatic rings. The van der Waals surface area contributed by atoms with Crippen molar-refractivity contribution in [3.8, 4) is 0 Å². The van der Waals surface area contributed by atoms with Crippen LogP contribution in [0, 0.1) is 6.92 Å². The number of nitrogens with one attached hydrogen (secondary N) is 1. The molecule has 14 heavy (non-hydrogen) atoms. The van der Waals surface area contributed by atoms with Crippen molar-refractivity contribution >= 4 is 6.09 Å². The maximum absolute atomic E-state index is 10.7. The molecule has 5 heteroatoms. The molecule has 0 aromatic carbocycles. The molecule has 0 saturated heterocycles. The second-order valence-electron chi connectivity index (χ2n) is 2.37.